The molecule has 0 saturated heterocycles. The molecule has 1 saturated carbocycles. The summed E-state index contributed by atoms with van der Waals surface area (Å²) in [7, 11) is 0. The van der Waals surface area contributed by atoms with E-state index in [0.717, 1.165) is 37.8 Å². The third-order valence-corrected chi connectivity index (χ3v) is 5.02. The number of carbonyl (C=O) groups excluding carboxylic acids is 1. The summed E-state index contributed by atoms with van der Waals surface area (Å²) in [5.41, 5.74) is 0.750. The molecule has 9 heteroatoms. The van der Waals surface area contributed by atoms with E-state index in [0.29, 0.717) is 15.7 Å². The first-order valence-electron chi connectivity index (χ1n) is 8.52. The lowest BCUT2D eigenvalue weighted by atomic mass is 9.90. The first kappa shape index (κ1) is 19.6. The molecule has 1 fully saturated rings. The van der Waals surface area contributed by atoms with Gasteiger partial charge >= 0.3 is 6.03 Å². The molecule has 0 bridgehead atoms. The summed E-state index contributed by atoms with van der Waals surface area (Å²) in [5, 5.41) is 9.50. The summed E-state index contributed by atoms with van der Waals surface area (Å²) in [5.74, 6) is -1.99. The Morgan fingerprint density at radius 2 is 1.70 bits per heavy atom. The number of amides is 2. The molecule has 3 N–H and O–H groups in total. The lowest BCUT2D eigenvalue weighted by Gasteiger charge is -2.33. The number of aromatic nitrogens is 1. The van der Waals surface area contributed by atoms with Gasteiger partial charge in [0.1, 0.15) is 0 Å². The number of halogens is 4. The summed E-state index contributed by atoms with van der Waals surface area (Å²) >= 11 is 12.3. The third-order valence-electron chi connectivity index (χ3n) is 4.44. The number of anilines is 2. The largest absolute Gasteiger partial charge is 0.378 e. The monoisotopic (exact) mass is 414 g/mol. The summed E-state index contributed by atoms with van der Waals surface area (Å²) in [6.07, 6.45) is 6.55. The normalized spacial score (nSPS) is 19.4. The number of nitrogens with zero attached hydrogens (tertiary/aromatic N) is 1. The van der Waals surface area contributed by atoms with Gasteiger partial charge in [0, 0.05) is 30.2 Å². The van der Waals surface area contributed by atoms with Gasteiger partial charge < -0.3 is 16.0 Å². The lowest BCUT2D eigenvalue weighted by Crippen LogP contribution is -2.49. The summed E-state index contributed by atoms with van der Waals surface area (Å²) in [6.45, 7) is 0. The average Bonchev–Trinajstić information content (AvgIpc) is 2.63. The molecule has 0 unspecified atom stereocenters. The molecule has 3 rings (SSSR count). The highest BCUT2D eigenvalue weighted by molar-refractivity contribution is 6.38. The van der Waals surface area contributed by atoms with Gasteiger partial charge in [0.2, 0.25) is 0 Å². The maximum Gasteiger partial charge on any atom is 0.319 e. The van der Waals surface area contributed by atoms with Crippen molar-refractivity contribution in [3.8, 4) is 0 Å². The Bertz CT molecular complexity index is 817. The lowest BCUT2D eigenvalue weighted by molar-refractivity contribution is 0.242. The Balaban J connectivity index is 1.66. The van der Waals surface area contributed by atoms with Crippen molar-refractivity contribution in [2.24, 2.45) is 0 Å². The molecule has 1 aromatic carbocycles. The second-order valence-electron chi connectivity index (χ2n) is 6.35. The second-order valence-corrected chi connectivity index (χ2v) is 7.16. The van der Waals surface area contributed by atoms with E-state index in [4.69, 9.17) is 23.2 Å². The summed E-state index contributed by atoms with van der Waals surface area (Å²) in [6, 6.07) is 2.44. The fraction of sp³-hybridized carbons (Fsp3) is 0.333. The van der Waals surface area contributed by atoms with E-state index in [2.05, 4.69) is 20.9 Å². The molecule has 1 heterocycles. The first-order valence-corrected chi connectivity index (χ1v) is 9.27. The number of urea groups is 1. The van der Waals surface area contributed by atoms with Gasteiger partial charge in [-0.2, -0.15) is 0 Å². The van der Waals surface area contributed by atoms with E-state index in [1.165, 1.54) is 18.5 Å². The molecule has 2 aromatic rings. The van der Waals surface area contributed by atoms with Crippen molar-refractivity contribution in [2.45, 2.75) is 37.8 Å². The highest BCUT2D eigenvalue weighted by atomic mass is 35.5. The molecule has 5 nitrogen and oxygen atoms in total. The van der Waals surface area contributed by atoms with Gasteiger partial charge in [0.05, 0.1) is 21.8 Å². The molecule has 1 aromatic heterocycles. The van der Waals surface area contributed by atoms with Crippen LogP contribution in [-0.4, -0.2) is 23.1 Å². The van der Waals surface area contributed by atoms with Crippen molar-refractivity contribution < 1.29 is 13.6 Å². The quantitative estimate of drug-likeness (QED) is 0.642. The van der Waals surface area contributed by atoms with Gasteiger partial charge in [-0.3, -0.25) is 4.98 Å². The van der Waals surface area contributed by atoms with Gasteiger partial charge in [0.15, 0.2) is 11.6 Å². The van der Waals surface area contributed by atoms with Gasteiger partial charge in [0.25, 0.3) is 0 Å². The number of carbonyl (C=O) groups is 1. The standard InChI is InChI=1S/C18H18Cl2F2N4O/c19-11-8-23-9-12(20)17(11)25-15-3-1-2-4-16(15)26-18(27)24-10-5-6-13(21)14(22)7-10/h5-9,15-16H,1-4H2,(H,23,25)(H2,24,26,27)/t15-,16-/m1/s1. The van der Waals surface area contributed by atoms with E-state index < -0.39 is 17.7 Å². The van der Waals surface area contributed by atoms with Gasteiger partial charge in [-0.15, -0.1) is 0 Å². The summed E-state index contributed by atoms with van der Waals surface area (Å²) < 4.78 is 26.3. The molecule has 0 aliphatic heterocycles. The first-order chi connectivity index (χ1) is 12.9. The molecule has 2 amide bonds. The fourth-order valence-corrected chi connectivity index (χ4v) is 3.59. The smallest absolute Gasteiger partial charge is 0.319 e. The van der Waals surface area contributed by atoms with Crippen molar-refractivity contribution in [1.29, 1.82) is 0 Å². The Labute approximate surface area is 165 Å². The van der Waals surface area contributed by atoms with E-state index in [1.54, 1.807) is 0 Å². The van der Waals surface area contributed by atoms with Crippen LogP contribution in [0, 0.1) is 11.6 Å². The molecular formula is C18H18Cl2F2N4O. The molecule has 0 radical (unpaired) electrons. The zero-order chi connectivity index (χ0) is 19.4. The van der Waals surface area contributed by atoms with Gasteiger partial charge in [-0.05, 0) is 25.0 Å². The van der Waals surface area contributed by atoms with Crippen LogP contribution >= 0.6 is 23.2 Å². The minimum atomic E-state index is -1.02. The predicted molar refractivity (Wildman–Crippen MR) is 102 cm³/mol. The SMILES string of the molecule is O=C(Nc1ccc(F)c(F)c1)N[C@@H]1CCCC[C@H]1Nc1c(Cl)cncc1Cl. The molecule has 2 atom stereocenters. The number of hydrogen-bond acceptors (Lipinski definition) is 3. The highest BCUT2D eigenvalue weighted by Crippen LogP contribution is 2.32. The number of nitrogens with one attached hydrogen (secondary N) is 3. The van der Waals surface area contributed by atoms with Crippen molar-refractivity contribution >= 4 is 40.6 Å². The zero-order valence-electron chi connectivity index (χ0n) is 14.2. The van der Waals surface area contributed by atoms with E-state index in [9.17, 15) is 13.6 Å². The maximum atomic E-state index is 13.3. The Morgan fingerprint density at radius 1 is 1.04 bits per heavy atom. The highest BCUT2D eigenvalue weighted by Gasteiger charge is 2.27. The Kier molecular flexibility index (Phi) is 6.34. The van der Waals surface area contributed by atoms with Crippen LogP contribution < -0.4 is 16.0 Å². The van der Waals surface area contributed by atoms with Crippen LogP contribution in [-0.2, 0) is 0 Å². The van der Waals surface area contributed by atoms with E-state index >= 15 is 0 Å². The third kappa shape index (κ3) is 4.99. The second kappa shape index (κ2) is 8.71. The molecular weight excluding hydrogens is 397 g/mol. The number of hydrogen-bond donors (Lipinski definition) is 3. The van der Waals surface area contributed by atoms with Crippen molar-refractivity contribution in [3.05, 3.63) is 52.3 Å². The molecule has 144 valence electrons. The number of rotatable bonds is 4. The van der Waals surface area contributed by atoms with Crippen LogP contribution in [0.15, 0.2) is 30.6 Å². The number of pyridine rings is 1. The van der Waals surface area contributed by atoms with Crippen LogP contribution in [0.25, 0.3) is 0 Å². The Morgan fingerprint density at radius 3 is 2.37 bits per heavy atom. The van der Waals surface area contributed by atoms with Crippen LogP contribution in [0.2, 0.25) is 10.0 Å². The van der Waals surface area contributed by atoms with Crippen LogP contribution in [0.5, 0.6) is 0 Å². The minimum Gasteiger partial charge on any atom is -0.378 e. The number of benzene rings is 1. The fourth-order valence-electron chi connectivity index (χ4n) is 3.12. The summed E-state index contributed by atoms with van der Waals surface area (Å²) in [4.78, 5) is 16.2. The Hall–Kier alpha value is -2.12. The average molecular weight is 415 g/mol. The van der Waals surface area contributed by atoms with Crippen LogP contribution in [0.4, 0.5) is 25.0 Å². The van der Waals surface area contributed by atoms with Gasteiger partial charge in [-0.25, -0.2) is 13.6 Å². The van der Waals surface area contributed by atoms with Crippen molar-refractivity contribution in [2.75, 3.05) is 10.6 Å². The molecule has 1 aliphatic carbocycles. The van der Waals surface area contributed by atoms with E-state index in [1.807, 2.05) is 0 Å². The van der Waals surface area contributed by atoms with Gasteiger partial charge in [-0.1, -0.05) is 36.0 Å². The van der Waals surface area contributed by atoms with Crippen molar-refractivity contribution in [1.82, 2.24) is 10.3 Å². The zero-order valence-corrected chi connectivity index (χ0v) is 15.7. The van der Waals surface area contributed by atoms with Crippen molar-refractivity contribution in [3.63, 3.8) is 0 Å². The molecule has 1 aliphatic rings. The van der Waals surface area contributed by atoms with E-state index in [-0.39, 0.29) is 17.8 Å². The maximum absolute atomic E-state index is 13.3. The predicted octanol–water partition coefficient (Wildman–Crippen LogP) is 5.21. The molecule has 27 heavy (non-hydrogen) atoms. The van der Waals surface area contributed by atoms with Crippen LogP contribution in [0.3, 0.4) is 0 Å². The topological polar surface area (TPSA) is 66.1 Å². The van der Waals surface area contributed by atoms with Crippen LogP contribution in [0.1, 0.15) is 25.7 Å². The minimum absolute atomic E-state index is 0.0770. The molecule has 0 spiro atoms.